The maximum absolute atomic E-state index is 10.5. The molecule has 4 nitrogen and oxygen atoms in total. The van der Waals surface area contributed by atoms with Crippen LogP contribution in [0.3, 0.4) is 0 Å². The lowest BCUT2D eigenvalue weighted by Gasteiger charge is -2.24. The summed E-state index contributed by atoms with van der Waals surface area (Å²) in [7, 11) is 0. The Bertz CT molecular complexity index is 164. The Morgan fingerprint density at radius 2 is 2.18 bits per heavy atom. The first-order chi connectivity index (χ1) is 4.89. The number of carboxylic acid groups (broad SMARTS) is 1. The summed E-state index contributed by atoms with van der Waals surface area (Å²) >= 11 is 4.02. The monoisotopic (exact) mass is 177 g/mol. The quantitative estimate of drug-likeness (QED) is 0.415. The number of thiol groups is 1. The molecule has 0 saturated heterocycles. The van der Waals surface area contributed by atoms with Crippen LogP contribution < -0.4 is 5.32 Å². The third-order valence-electron chi connectivity index (χ3n) is 1.19. The fraction of sp³-hybridized carbons (Fsp3) is 0.667. The van der Waals surface area contributed by atoms with Gasteiger partial charge in [0.05, 0.1) is 0 Å². The number of rotatable bonds is 4. The van der Waals surface area contributed by atoms with E-state index in [2.05, 4.69) is 17.9 Å². The summed E-state index contributed by atoms with van der Waals surface area (Å²) < 4.78 is -0.757. The lowest BCUT2D eigenvalue weighted by atomic mass is 10.0. The highest BCUT2D eigenvalue weighted by Crippen LogP contribution is 2.17. The Kier molecular flexibility index (Phi) is 3.38. The van der Waals surface area contributed by atoms with Gasteiger partial charge in [-0.15, -0.1) is 0 Å². The summed E-state index contributed by atoms with van der Waals surface area (Å²) in [5, 5.41) is 10.7. The van der Waals surface area contributed by atoms with Gasteiger partial charge in [-0.2, -0.15) is 12.6 Å². The van der Waals surface area contributed by atoms with Crippen molar-refractivity contribution in [3.63, 3.8) is 0 Å². The highest BCUT2D eigenvalue weighted by Gasteiger charge is 2.31. The molecule has 0 fully saturated rings. The largest absolute Gasteiger partial charge is 0.480 e. The molecule has 1 atom stereocenters. The molecule has 0 aromatic carbocycles. The molecule has 0 saturated carbocycles. The first kappa shape index (κ1) is 10.3. The van der Waals surface area contributed by atoms with Gasteiger partial charge in [0, 0.05) is 4.75 Å². The maximum Gasteiger partial charge on any atom is 0.327 e. The van der Waals surface area contributed by atoms with Crippen LogP contribution >= 0.6 is 12.6 Å². The SMILES string of the molecule is CC(C)(S)[C@H](NC=O)C(=O)O. The zero-order chi connectivity index (χ0) is 9.07. The van der Waals surface area contributed by atoms with E-state index >= 15 is 0 Å². The van der Waals surface area contributed by atoms with Gasteiger partial charge in [-0.05, 0) is 13.8 Å². The summed E-state index contributed by atoms with van der Waals surface area (Å²) in [6.07, 6.45) is 0.358. The van der Waals surface area contributed by atoms with Crippen LogP contribution in [-0.4, -0.2) is 28.3 Å². The first-order valence-electron chi connectivity index (χ1n) is 3.04. The Morgan fingerprint density at radius 1 is 1.73 bits per heavy atom. The summed E-state index contributed by atoms with van der Waals surface area (Å²) in [6.45, 7) is 3.23. The van der Waals surface area contributed by atoms with Crippen molar-refractivity contribution < 1.29 is 14.7 Å². The van der Waals surface area contributed by atoms with Crippen molar-refractivity contribution in [3.05, 3.63) is 0 Å². The molecule has 0 aliphatic carbocycles. The number of amides is 1. The third-order valence-corrected chi connectivity index (χ3v) is 1.45. The second-order valence-electron chi connectivity index (χ2n) is 2.71. The highest BCUT2D eigenvalue weighted by molar-refractivity contribution is 7.81. The number of hydrogen-bond acceptors (Lipinski definition) is 3. The van der Waals surface area contributed by atoms with Crippen LogP contribution in [0.2, 0.25) is 0 Å². The Balaban J connectivity index is 4.34. The Labute approximate surface area is 70.4 Å². The van der Waals surface area contributed by atoms with E-state index in [9.17, 15) is 9.59 Å². The summed E-state index contributed by atoms with van der Waals surface area (Å²) in [6, 6.07) is -0.955. The number of aliphatic carboxylic acids is 1. The minimum absolute atomic E-state index is 0.358. The third kappa shape index (κ3) is 3.27. The van der Waals surface area contributed by atoms with E-state index < -0.39 is 16.8 Å². The molecule has 1 amide bonds. The normalized spacial score (nSPS) is 13.7. The average molecular weight is 177 g/mol. The standard InChI is InChI=1S/C6H11NO3S/c1-6(2,11)4(5(9)10)7-3-8/h3-4,11H,1-2H3,(H,7,8)(H,9,10)/t4-/m1/s1. The van der Waals surface area contributed by atoms with Crippen molar-refractivity contribution >= 4 is 25.0 Å². The van der Waals surface area contributed by atoms with Crippen molar-refractivity contribution in [1.29, 1.82) is 0 Å². The van der Waals surface area contributed by atoms with E-state index in [1.165, 1.54) is 0 Å². The van der Waals surface area contributed by atoms with Gasteiger partial charge in [0.25, 0.3) is 0 Å². The summed E-state index contributed by atoms with van der Waals surface area (Å²) in [5.41, 5.74) is 0. The van der Waals surface area contributed by atoms with Crippen molar-refractivity contribution in [2.24, 2.45) is 0 Å². The average Bonchev–Trinajstić information content (AvgIpc) is 1.79. The summed E-state index contributed by atoms with van der Waals surface area (Å²) in [4.78, 5) is 20.4. The second kappa shape index (κ2) is 3.61. The predicted molar refractivity (Wildman–Crippen MR) is 43.7 cm³/mol. The van der Waals surface area contributed by atoms with Gasteiger partial charge < -0.3 is 10.4 Å². The van der Waals surface area contributed by atoms with Crippen LogP contribution in [0, 0.1) is 0 Å². The molecular weight excluding hydrogens is 166 g/mol. The fourth-order valence-electron chi connectivity index (χ4n) is 0.645. The Hall–Kier alpha value is -0.710. The first-order valence-corrected chi connectivity index (χ1v) is 3.49. The highest BCUT2D eigenvalue weighted by atomic mass is 32.1. The molecule has 2 N–H and O–H groups in total. The second-order valence-corrected chi connectivity index (χ2v) is 3.86. The van der Waals surface area contributed by atoms with Crippen LogP contribution in [0.1, 0.15) is 13.8 Å². The van der Waals surface area contributed by atoms with Crippen molar-refractivity contribution in [2.45, 2.75) is 24.6 Å². The molecule has 0 bridgehead atoms. The molecule has 0 heterocycles. The zero-order valence-electron chi connectivity index (χ0n) is 6.37. The van der Waals surface area contributed by atoms with Gasteiger partial charge in [-0.25, -0.2) is 4.79 Å². The summed E-state index contributed by atoms with van der Waals surface area (Å²) in [5.74, 6) is -1.09. The van der Waals surface area contributed by atoms with Gasteiger partial charge in [0.1, 0.15) is 6.04 Å². The van der Waals surface area contributed by atoms with E-state index in [1.54, 1.807) is 13.8 Å². The van der Waals surface area contributed by atoms with Crippen LogP contribution in [-0.2, 0) is 9.59 Å². The van der Waals surface area contributed by atoms with Crippen molar-refractivity contribution in [3.8, 4) is 0 Å². The van der Waals surface area contributed by atoms with E-state index in [0.29, 0.717) is 6.41 Å². The van der Waals surface area contributed by atoms with E-state index in [-0.39, 0.29) is 0 Å². The lowest BCUT2D eigenvalue weighted by molar-refractivity contribution is -0.141. The van der Waals surface area contributed by atoms with E-state index in [1.807, 2.05) is 0 Å². The molecule has 0 aliphatic rings. The smallest absolute Gasteiger partial charge is 0.327 e. The lowest BCUT2D eigenvalue weighted by Crippen LogP contribution is -2.48. The molecule has 0 spiro atoms. The van der Waals surface area contributed by atoms with Crippen molar-refractivity contribution in [1.82, 2.24) is 5.32 Å². The molecular formula is C6H11NO3S. The number of carboxylic acids is 1. The fourth-order valence-corrected chi connectivity index (χ4v) is 0.830. The molecule has 0 rings (SSSR count). The molecule has 0 radical (unpaired) electrons. The van der Waals surface area contributed by atoms with Gasteiger partial charge in [-0.3, -0.25) is 4.79 Å². The molecule has 0 aromatic rings. The zero-order valence-corrected chi connectivity index (χ0v) is 7.26. The Morgan fingerprint density at radius 3 is 2.27 bits per heavy atom. The number of carbonyl (C=O) groups excluding carboxylic acids is 1. The van der Waals surface area contributed by atoms with Gasteiger partial charge in [-0.1, -0.05) is 0 Å². The number of hydrogen-bond donors (Lipinski definition) is 3. The van der Waals surface area contributed by atoms with Gasteiger partial charge in [0.15, 0.2) is 0 Å². The predicted octanol–water partition coefficient (Wildman–Crippen LogP) is -0.106. The van der Waals surface area contributed by atoms with Crippen molar-refractivity contribution in [2.75, 3.05) is 0 Å². The topological polar surface area (TPSA) is 66.4 Å². The number of carbonyl (C=O) groups is 2. The minimum Gasteiger partial charge on any atom is -0.480 e. The van der Waals surface area contributed by atoms with Gasteiger partial charge >= 0.3 is 5.97 Å². The molecule has 0 unspecified atom stereocenters. The van der Waals surface area contributed by atoms with Crippen LogP contribution in [0.5, 0.6) is 0 Å². The number of nitrogens with one attached hydrogen (secondary N) is 1. The van der Waals surface area contributed by atoms with E-state index in [4.69, 9.17) is 5.11 Å². The van der Waals surface area contributed by atoms with Gasteiger partial charge in [0.2, 0.25) is 6.41 Å². The van der Waals surface area contributed by atoms with Crippen LogP contribution in [0.25, 0.3) is 0 Å². The molecule has 5 heteroatoms. The van der Waals surface area contributed by atoms with Crippen LogP contribution in [0.4, 0.5) is 0 Å². The minimum atomic E-state index is -1.09. The maximum atomic E-state index is 10.5. The molecule has 64 valence electrons. The van der Waals surface area contributed by atoms with E-state index in [0.717, 1.165) is 0 Å². The van der Waals surface area contributed by atoms with Crippen LogP contribution in [0.15, 0.2) is 0 Å². The molecule has 11 heavy (non-hydrogen) atoms. The molecule has 0 aromatic heterocycles. The molecule has 0 aliphatic heterocycles.